The van der Waals surface area contributed by atoms with Crippen LogP contribution in [-0.4, -0.2) is 49.8 Å². The Morgan fingerprint density at radius 1 is 1.53 bits per heavy atom. The number of nitrogens with zero attached hydrogens (tertiary/aromatic N) is 1. The van der Waals surface area contributed by atoms with E-state index in [2.05, 4.69) is 10.5 Å². The Morgan fingerprint density at radius 2 is 2.35 bits per heavy atom. The lowest BCUT2D eigenvalue weighted by Gasteiger charge is -2.11. The van der Waals surface area contributed by atoms with Crippen molar-refractivity contribution in [3.8, 4) is 0 Å². The van der Waals surface area contributed by atoms with Crippen molar-refractivity contribution < 1.29 is 19.1 Å². The first-order valence-corrected chi connectivity index (χ1v) is 5.60. The number of aryl methyl sites for hydroxylation is 1. The third kappa shape index (κ3) is 6.38. The molecule has 0 aromatic carbocycles. The Kier molecular flexibility index (Phi) is 6.80. The molecule has 17 heavy (non-hydrogen) atoms. The first-order valence-electron chi connectivity index (χ1n) is 5.60. The number of aliphatic hydroxyl groups excluding tert-OH is 1. The van der Waals surface area contributed by atoms with Gasteiger partial charge in [0.25, 0.3) is 0 Å². The molecule has 0 aliphatic carbocycles. The van der Waals surface area contributed by atoms with Crippen molar-refractivity contribution in [2.24, 2.45) is 0 Å². The zero-order chi connectivity index (χ0) is 12.5. The summed E-state index contributed by atoms with van der Waals surface area (Å²) < 4.78 is 14.9. The first kappa shape index (κ1) is 14.1. The summed E-state index contributed by atoms with van der Waals surface area (Å²) >= 11 is 0. The van der Waals surface area contributed by atoms with E-state index in [-0.39, 0.29) is 0 Å². The molecule has 0 bridgehead atoms. The largest absolute Gasteiger partial charge is 0.389 e. The highest BCUT2D eigenvalue weighted by Gasteiger charge is 2.05. The summed E-state index contributed by atoms with van der Waals surface area (Å²) in [6.07, 6.45) is -0.528. The van der Waals surface area contributed by atoms with Gasteiger partial charge in [0, 0.05) is 26.3 Å². The molecule has 0 saturated carbocycles. The number of hydrogen-bond donors (Lipinski definition) is 2. The Balaban J connectivity index is 2.02. The summed E-state index contributed by atoms with van der Waals surface area (Å²) in [5.74, 6) is 0.783. The van der Waals surface area contributed by atoms with Gasteiger partial charge in [-0.15, -0.1) is 0 Å². The van der Waals surface area contributed by atoms with E-state index >= 15 is 0 Å². The normalized spacial score (nSPS) is 12.9. The smallest absolute Gasteiger partial charge is 0.133 e. The number of aromatic nitrogens is 1. The molecule has 0 aliphatic rings. The average Bonchev–Trinajstić information content (AvgIpc) is 2.71. The molecule has 0 saturated heterocycles. The zero-order valence-electron chi connectivity index (χ0n) is 10.3. The van der Waals surface area contributed by atoms with Gasteiger partial charge in [0.05, 0.1) is 31.6 Å². The van der Waals surface area contributed by atoms with Gasteiger partial charge in [-0.05, 0) is 6.92 Å². The van der Waals surface area contributed by atoms with Crippen molar-refractivity contribution in [2.45, 2.75) is 19.6 Å². The van der Waals surface area contributed by atoms with E-state index in [0.29, 0.717) is 32.9 Å². The van der Waals surface area contributed by atoms with Crippen LogP contribution in [0.5, 0.6) is 0 Å². The highest BCUT2D eigenvalue weighted by atomic mass is 16.5. The SMILES string of the molecule is COCCOCC(O)CNCc1cc(C)on1. The van der Waals surface area contributed by atoms with Crippen LogP contribution in [0.25, 0.3) is 0 Å². The molecule has 1 aromatic rings. The average molecular weight is 244 g/mol. The van der Waals surface area contributed by atoms with Gasteiger partial charge in [-0.25, -0.2) is 0 Å². The van der Waals surface area contributed by atoms with Crippen LogP contribution >= 0.6 is 0 Å². The lowest BCUT2D eigenvalue weighted by Crippen LogP contribution is -2.30. The Labute approximate surface area is 101 Å². The second-order valence-corrected chi connectivity index (χ2v) is 3.78. The van der Waals surface area contributed by atoms with Crippen molar-refractivity contribution in [1.82, 2.24) is 10.5 Å². The monoisotopic (exact) mass is 244 g/mol. The van der Waals surface area contributed by atoms with Gasteiger partial charge in [0.2, 0.25) is 0 Å². The molecule has 1 aromatic heterocycles. The maximum Gasteiger partial charge on any atom is 0.133 e. The highest BCUT2D eigenvalue weighted by molar-refractivity contribution is 5.02. The topological polar surface area (TPSA) is 76.8 Å². The summed E-state index contributed by atoms with van der Waals surface area (Å²) in [6, 6.07) is 1.86. The molecule has 6 heteroatoms. The van der Waals surface area contributed by atoms with Crippen LogP contribution in [-0.2, 0) is 16.0 Å². The predicted molar refractivity (Wildman–Crippen MR) is 61.6 cm³/mol. The van der Waals surface area contributed by atoms with Crippen molar-refractivity contribution in [3.05, 3.63) is 17.5 Å². The van der Waals surface area contributed by atoms with Crippen molar-refractivity contribution >= 4 is 0 Å². The third-order valence-electron chi connectivity index (χ3n) is 2.10. The van der Waals surface area contributed by atoms with Gasteiger partial charge in [-0.2, -0.15) is 0 Å². The predicted octanol–water partition coefficient (Wildman–Crippen LogP) is 0.0965. The van der Waals surface area contributed by atoms with Crippen LogP contribution in [0.4, 0.5) is 0 Å². The molecule has 98 valence electrons. The minimum Gasteiger partial charge on any atom is -0.389 e. The van der Waals surface area contributed by atoms with E-state index in [9.17, 15) is 5.11 Å². The molecule has 1 atom stereocenters. The number of nitrogens with one attached hydrogen (secondary N) is 1. The molecule has 0 amide bonds. The summed E-state index contributed by atoms with van der Waals surface area (Å²) in [4.78, 5) is 0. The van der Waals surface area contributed by atoms with Crippen LogP contribution < -0.4 is 5.32 Å². The van der Waals surface area contributed by atoms with E-state index in [1.54, 1.807) is 7.11 Å². The molecular weight excluding hydrogens is 224 g/mol. The van der Waals surface area contributed by atoms with Crippen LogP contribution in [0.3, 0.4) is 0 Å². The second-order valence-electron chi connectivity index (χ2n) is 3.78. The fourth-order valence-corrected chi connectivity index (χ4v) is 1.29. The van der Waals surface area contributed by atoms with Gasteiger partial charge in [0.1, 0.15) is 5.76 Å². The molecule has 2 N–H and O–H groups in total. The molecule has 1 unspecified atom stereocenters. The lowest BCUT2D eigenvalue weighted by atomic mass is 10.3. The van der Waals surface area contributed by atoms with E-state index < -0.39 is 6.10 Å². The lowest BCUT2D eigenvalue weighted by molar-refractivity contribution is 0.0137. The van der Waals surface area contributed by atoms with Crippen LogP contribution in [0.2, 0.25) is 0 Å². The highest BCUT2D eigenvalue weighted by Crippen LogP contribution is 2.00. The number of aliphatic hydroxyl groups is 1. The minimum atomic E-state index is -0.528. The van der Waals surface area contributed by atoms with E-state index in [1.807, 2.05) is 13.0 Å². The maximum atomic E-state index is 9.56. The zero-order valence-corrected chi connectivity index (χ0v) is 10.3. The standard InChI is InChI=1S/C11H20N2O4/c1-9-5-10(13-17-9)6-12-7-11(14)8-16-4-3-15-2/h5,11-12,14H,3-4,6-8H2,1-2H3. The minimum absolute atomic E-state index is 0.300. The second kappa shape index (κ2) is 8.19. The van der Waals surface area contributed by atoms with Crippen LogP contribution in [0.15, 0.2) is 10.6 Å². The Bertz CT molecular complexity index is 303. The van der Waals surface area contributed by atoms with Gasteiger partial charge in [-0.3, -0.25) is 0 Å². The maximum absolute atomic E-state index is 9.56. The van der Waals surface area contributed by atoms with Gasteiger partial charge >= 0.3 is 0 Å². The summed E-state index contributed by atoms with van der Waals surface area (Å²) in [6.45, 7) is 4.21. The molecule has 0 fully saturated rings. The molecular formula is C11H20N2O4. The van der Waals surface area contributed by atoms with E-state index in [1.165, 1.54) is 0 Å². The Morgan fingerprint density at radius 3 is 3.00 bits per heavy atom. The van der Waals surface area contributed by atoms with Crippen LogP contribution in [0, 0.1) is 6.92 Å². The summed E-state index contributed by atoms with van der Waals surface area (Å²) in [5, 5.41) is 16.5. The molecule has 6 nitrogen and oxygen atoms in total. The first-order chi connectivity index (χ1) is 8.22. The van der Waals surface area contributed by atoms with Gasteiger partial charge in [-0.1, -0.05) is 5.16 Å². The third-order valence-corrected chi connectivity index (χ3v) is 2.10. The van der Waals surface area contributed by atoms with Crippen molar-refractivity contribution in [2.75, 3.05) is 33.5 Å². The number of methoxy groups -OCH3 is 1. The van der Waals surface area contributed by atoms with Gasteiger partial charge in [0.15, 0.2) is 0 Å². The van der Waals surface area contributed by atoms with Crippen molar-refractivity contribution in [3.63, 3.8) is 0 Å². The van der Waals surface area contributed by atoms with Crippen LogP contribution in [0.1, 0.15) is 11.5 Å². The molecule has 0 radical (unpaired) electrons. The quantitative estimate of drug-likeness (QED) is 0.600. The molecule has 0 spiro atoms. The number of hydrogen-bond acceptors (Lipinski definition) is 6. The number of rotatable bonds is 9. The molecule has 0 aliphatic heterocycles. The summed E-state index contributed by atoms with van der Waals surface area (Å²) in [7, 11) is 1.61. The van der Waals surface area contributed by atoms with Gasteiger partial charge < -0.3 is 24.4 Å². The Hall–Kier alpha value is -0.950. The van der Waals surface area contributed by atoms with E-state index in [0.717, 1.165) is 11.5 Å². The fraction of sp³-hybridized carbons (Fsp3) is 0.727. The molecule has 1 rings (SSSR count). The fourth-order valence-electron chi connectivity index (χ4n) is 1.29. The summed E-state index contributed by atoms with van der Waals surface area (Å²) in [5.41, 5.74) is 0.829. The van der Waals surface area contributed by atoms with E-state index in [4.69, 9.17) is 14.0 Å². The number of ether oxygens (including phenoxy) is 2. The van der Waals surface area contributed by atoms with Crippen molar-refractivity contribution in [1.29, 1.82) is 0 Å². The molecule has 1 heterocycles.